The predicted molar refractivity (Wildman–Crippen MR) is 230 cm³/mol. The first-order valence-electron chi connectivity index (χ1n) is 19.0. The molecule has 0 spiro atoms. The summed E-state index contributed by atoms with van der Waals surface area (Å²) in [5, 5.41) is 6.47. The van der Waals surface area contributed by atoms with E-state index in [2.05, 4.69) is 95.6 Å². The zero-order valence-electron chi connectivity index (χ0n) is 30.4. The highest BCUT2D eigenvalue weighted by molar-refractivity contribution is 6.17. The van der Waals surface area contributed by atoms with E-state index in [0.717, 1.165) is 88.4 Å². The standard InChI is InChI=1S/C51H30N4O2/c1-3-14-31(15-4-1)49-52-50(32-16-5-2-6-17-32)54-51(53-49)39-21-13-25-45-47(39)41-30-34(55-42-22-10-7-18-35(42)36-19-8-11-23-43(36)55)29-40(48(41)57-45)33-26-27-38-37-20-9-12-24-44(37)56-46(38)28-33/h1-30H. The van der Waals surface area contributed by atoms with Gasteiger partial charge in [0.25, 0.3) is 0 Å². The van der Waals surface area contributed by atoms with Crippen LogP contribution in [-0.4, -0.2) is 19.5 Å². The van der Waals surface area contributed by atoms with E-state index < -0.39 is 0 Å². The maximum absolute atomic E-state index is 6.94. The van der Waals surface area contributed by atoms with E-state index in [1.807, 2.05) is 91.0 Å². The molecule has 0 amide bonds. The first-order chi connectivity index (χ1) is 28.2. The van der Waals surface area contributed by atoms with Crippen molar-refractivity contribution in [3.8, 4) is 51.0 Å². The number of hydrogen-bond donors (Lipinski definition) is 0. The van der Waals surface area contributed by atoms with Gasteiger partial charge in [-0.05, 0) is 54.1 Å². The van der Waals surface area contributed by atoms with Crippen LogP contribution in [0.4, 0.5) is 0 Å². The van der Waals surface area contributed by atoms with Gasteiger partial charge in [0.1, 0.15) is 22.3 Å². The van der Waals surface area contributed by atoms with E-state index >= 15 is 0 Å². The Bertz CT molecular complexity index is 3410. The lowest BCUT2D eigenvalue weighted by molar-refractivity contribution is 0.668. The summed E-state index contributed by atoms with van der Waals surface area (Å²) in [6, 6.07) is 62.6. The zero-order valence-corrected chi connectivity index (χ0v) is 30.4. The monoisotopic (exact) mass is 730 g/mol. The molecule has 0 radical (unpaired) electrons. The molecular formula is C51H30N4O2. The first-order valence-corrected chi connectivity index (χ1v) is 19.0. The number of aromatic nitrogens is 4. The number of para-hydroxylation sites is 3. The smallest absolute Gasteiger partial charge is 0.164 e. The van der Waals surface area contributed by atoms with Crippen LogP contribution in [0.1, 0.15) is 0 Å². The van der Waals surface area contributed by atoms with Crippen LogP contribution in [0.2, 0.25) is 0 Å². The summed E-state index contributed by atoms with van der Waals surface area (Å²) in [5.41, 5.74) is 11.1. The minimum Gasteiger partial charge on any atom is -0.456 e. The van der Waals surface area contributed by atoms with Gasteiger partial charge < -0.3 is 13.4 Å². The third-order valence-electron chi connectivity index (χ3n) is 11.0. The van der Waals surface area contributed by atoms with Gasteiger partial charge in [-0.1, -0.05) is 133 Å². The Labute approximate surface area is 325 Å². The van der Waals surface area contributed by atoms with Gasteiger partial charge in [-0.3, -0.25) is 0 Å². The number of fused-ring (bicyclic) bond motifs is 9. The molecule has 6 nitrogen and oxygen atoms in total. The average Bonchev–Trinajstić information content (AvgIpc) is 3.96. The van der Waals surface area contributed by atoms with Crippen LogP contribution in [-0.2, 0) is 0 Å². The maximum atomic E-state index is 6.94. The second-order valence-electron chi connectivity index (χ2n) is 14.4. The Balaban J connectivity index is 1.17. The lowest BCUT2D eigenvalue weighted by atomic mass is 9.98. The van der Waals surface area contributed by atoms with Crippen molar-refractivity contribution < 1.29 is 8.83 Å². The summed E-state index contributed by atoms with van der Waals surface area (Å²) in [7, 11) is 0. The minimum absolute atomic E-state index is 0.573. The lowest BCUT2D eigenvalue weighted by Crippen LogP contribution is -2.00. The molecule has 0 fully saturated rings. The van der Waals surface area contributed by atoms with Crippen LogP contribution < -0.4 is 0 Å². The van der Waals surface area contributed by atoms with Crippen molar-refractivity contribution in [1.29, 1.82) is 0 Å². The quantitative estimate of drug-likeness (QED) is 0.176. The van der Waals surface area contributed by atoms with Crippen molar-refractivity contribution in [2.24, 2.45) is 0 Å². The van der Waals surface area contributed by atoms with Gasteiger partial charge in [-0.25, -0.2) is 15.0 Å². The minimum atomic E-state index is 0.573. The van der Waals surface area contributed by atoms with Crippen molar-refractivity contribution in [2.45, 2.75) is 0 Å². The van der Waals surface area contributed by atoms with E-state index in [4.69, 9.17) is 23.8 Å². The molecule has 0 aliphatic heterocycles. The molecular weight excluding hydrogens is 701 g/mol. The third kappa shape index (κ3) is 4.94. The van der Waals surface area contributed by atoms with E-state index in [-0.39, 0.29) is 0 Å². The Morgan fingerprint density at radius 1 is 0.351 bits per heavy atom. The molecule has 0 aliphatic carbocycles. The number of nitrogens with zero attached hydrogens (tertiary/aromatic N) is 4. The maximum Gasteiger partial charge on any atom is 0.164 e. The van der Waals surface area contributed by atoms with Crippen LogP contribution >= 0.6 is 0 Å². The van der Waals surface area contributed by atoms with Crippen LogP contribution in [0, 0.1) is 0 Å². The fourth-order valence-electron chi connectivity index (χ4n) is 8.47. The van der Waals surface area contributed by atoms with Crippen LogP contribution in [0.5, 0.6) is 0 Å². The van der Waals surface area contributed by atoms with Gasteiger partial charge in [-0.2, -0.15) is 0 Å². The Morgan fingerprint density at radius 3 is 1.63 bits per heavy atom. The summed E-state index contributed by atoms with van der Waals surface area (Å²) in [6.45, 7) is 0. The molecule has 57 heavy (non-hydrogen) atoms. The topological polar surface area (TPSA) is 69.9 Å². The highest BCUT2D eigenvalue weighted by Crippen LogP contribution is 2.44. The Morgan fingerprint density at radius 2 is 0.930 bits per heavy atom. The zero-order chi connectivity index (χ0) is 37.5. The van der Waals surface area contributed by atoms with Crippen molar-refractivity contribution in [3.63, 3.8) is 0 Å². The van der Waals surface area contributed by atoms with Gasteiger partial charge in [0, 0.05) is 60.3 Å². The molecule has 12 rings (SSSR count). The number of furan rings is 2. The van der Waals surface area contributed by atoms with Crippen molar-refractivity contribution in [2.75, 3.05) is 0 Å². The number of rotatable bonds is 5. The molecule has 4 aromatic heterocycles. The molecule has 6 heteroatoms. The largest absolute Gasteiger partial charge is 0.456 e. The van der Waals surface area contributed by atoms with Gasteiger partial charge in [0.05, 0.1) is 11.0 Å². The van der Waals surface area contributed by atoms with Crippen LogP contribution in [0.15, 0.2) is 191 Å². The molecule has 4 heterocycles. The molecule has 0 unspecified atom stereocenters. The Kier molecular flexibility index (Phi) is 6.83. The van der Waals surface area contributed by atoms with E-state index in [1.54, 1.807) is 0 Å². The van der Waals surface area contributed by atoms with Gasteiger partial charge >= 0.3 is 0 Å². The molecule has 0 bridgehead atoms. The fraction of sp³-hybridized carbons (Fsp3) is 0. The van der Waals surface area contributed by atoms with Gasteiger partial charge in [0.2, 0.25) is 0 Å². The number of benzene rings is 8. The van der Waals surface area contributed by atoms with Gasteiger partial charge in [-0.15, -0.1) is 0 Å². The molecule has 0 atom stereocenters. The first kappa shape index (κ1) is 31.5. The molecule has 0 N–H and O–H groups in total. The average molecular weight is 731 g/mol. The van der Waals surface area contributed by atoms with Crippen LogP contribution in [0.25, 0.3) is 117 Å². The molecule has 0 saturated carbocycles. The summed E-state index contributed by atoms with van der Waals surface area (Å²) in [4.78, 5) is 15.3. The van der Waals surface area contributed by atoms with Crippen molar-refractivity contribution in [1.82, 2.24) is 19.5 Å². The fourth-order valence-corrected chi connectivity index (χ4v) is 8.47. The summed E-state index contributed by atoms with van der Waals surface area (Å²) < 4.78 is 15.7. The number of hydrogen-bond acceptors (Lipinski definition) is 5. The third-order valence-corrected chi connectivity index (χ3v) is 11.0. The SMILES string of the molecule is c1ccc(-c2nc(-c3ccccc3)nc(-c3cccc4oc5c(-c6ccc7c(c6)oc6ccccc67)cc(-n6c7ccccc7c7ccccc76)cc5c34)n2)cc1. The van der Waals surface area contributed by atoms with Crippen molar-refractivity contribution in [3.05, 3.63) is 182 Å². The molecule has 0 saturated heterocycles. The van der Waals surface area contributed by atoms with Crippen LogP contribution in [0.3, 0.4) is 0 Å². The van der Waals surface area contributed by atoms with E-state index in [1.165, 1.54) is 10.8 Å². The normalized spacial score (nSPS) is 11.9. The second kappa shape index (κ2) is 12.3. The molecule has 266 valence electrons. The highest BCUT2D eigenvalue weighted by atomic mass is 16.3. The summed E-state index contributed by atoms with van der Waals surface area (Å²) in [6.07, 6.45) is 0. The van der Waals surface area contributed by atoms with E-state index in [0.29, 0.717) is 17.5 Å². The molecule has 8 aromatic carbocycles. The molecule has 12 aromatic rings. The van der Waals surface area contributed by atoms with Crippen molar-refractivity contribution >= 4 is 65.7 Å². The summed E-state index contributed by atoms with van der Waals surface area (Å²) in [5.74, 6) is 1.79. The lowest BCUT2D eigenvalue weighted by Gasteiger charge is -2.12. The summed E-state index contributed by atoms with van der Waals surface area (Å²) >= 11 is 0. The van der Waals surface area contributed by atoms with Gasteiger partial charge in [0.15, 0.2) is 17.5 Å². The predicted octanol–water partition coefficient (Wildman–Crippen LogP) is 13.4. The second-order valence-corrected chi connectivity index (χ2v) is 14.4. The Hall–Kier alpha value is -7.83. The molecule has 0 aliphatic rings. The highest BCUT2D eigenvalue weighted by Gasteiger charge is 2.23. The van der Waals surface area contributed by atoms with E-state index in [9.17, 15) is 0 Å².